The molecule has 0 aromatic heterocycles. The molecule has 0 fully saturated rings. The number of anilines is 1. The van der Waals surface area contributed by atoms with Crippen LogP contribution in [0.25, 0.3) is 0 Å². The molecule has 4 nitrogen and oxygen atoms in total. The van der Waals surface area contributed by atoms with Crippen LogP contribution in [0.1, 0.15) is 0 Å². The first-order valence-electron chi connectivity index (χ1n) is 4.00. The Labute approximate surface area is 78.1 Å². The highest BCUT2D eigenvalue weighted by Crippen LogP contribution is 2.18. The lowest BCUT2D eigenvalue weighted by atomic mass is 10.3. The first kappa shape index (κ1) is 11.7. The van der Waals surface area contributed by atoms with Gasteiger partial charge < -0.3 is 21.3 Å². The van der Waals surface area contributed by atoms with E-state index in [0.29, 0.717) is 11.4 Å². The Balaban J connectivity index is 0.000000671. The fraction of sp³-hybridized carbons (Fsp3) is 0.333. The summed E-state index contributed by atoms with van der Waals surface area (Å²) < 4.78 is 5.11. The lowest BCUT2D eigenvalue weighted by Gasteiger charge is -2.05. The maximum atomic E-state index is 8.45. The van der Waals surface area contributed by atoms with Crippen molar-refractivity contribution in [3.05, 3.63) is 24.3 Å². The maximum absolute atomic E-state index is 8.45. The van der Waals surface area contributed by atoms with Gasteiger partial charge in [-0.25, -0.2) is 0 Å². The van der Waals surface area contributed by atoms with Crippen LogP contribution in [-0.4, -0.2) is 25.4 Å². The highest BCUT2D eigenvalue weighted by atomic mass is 16.5. The van der Waals surface area contributed by atoms with Crippen molar-refractivity contribution >= 4 is 5.69 Å². The Morgan fingerprint density at radius 1 is 1.31 bits per heavy atom. The second kappa shape index (κ2) is 7.39. The van der Waals surface area contributed by atoms with Crippen molar-refractivity contribution in [3.63, 3.8) is 0 Å². The van der Waals surface area contributed by atoms with Gasteiger partial charge in [-0.3, -0.25) is 0 Å². The van der Waals surface area contributed by atoms with Gasteiger partial charge in [0.1, 0.15) is 12.4 Å². The predicted octanol–water partition coefficient (Wildman–Crippen LogP) is 0.215. The molecule has 0 saturated carbocycles. The van der Waals surface area contributed by atoms with Gasteiger partial charge in [0.2, 0.25) is 0 Å². The van der Waals surface area contributed by atoms with Crippen molar-refractivity contribution in [2.75, 3.05) is 26.0 Å². The van der Waals surface area contributed by atoms with E-state index in [-0.39, 0.29) is 13.2 Å². The smallest absolute Gasteiger partial charge is 0.142 e. The molecule has 0 bridgehead atoms. The summed E-state index contributed by atoms with van der Waals surface area (Å²) in [4.78, 5) is 0. The quantitative estimate of drug-likeness (QED) is 0.587. The summed E-state index contributed by atoms with van der Waals surface area (Å²) in [5.74, 6) is 0.626. The van der Waals surface area contributed by atoms with Gasteiger partial charge in [0.15, 0.2) is 0 Å². The number of aliphatic hydroxyl groups is 1. The lowest BCUT2D eigenvalue weighted by molar-refractivity contribution is 0.202. The van der Waals surface area contributed by atoms with Gasteiger partial charge in [-0.15, -0.1) is 0 Å². The van der Waals surface area contributed by atoms with Gasteiger partial charge in [0.05, 0.1) is 12.3 Å². The third-order valence-electron chi connectivity index (χ3n) is 1.27. The van der Waals surface area contributed by atoms with Crippen LogP contribution in [0.5, 0.6) is 5.75 Å². The molecule has 0 heterocycles. The molecule has 1 aromatic carbocycles. The summed E-state index contributed by atoms with van der Waals surface area (Å²) in [5.41, 5.74) is 10.7. The normalized spacial score (nSPS) is 8.54. The molecule has 4 heteroatoms. The number of nitrogen functional groups attached to an aromatic ring is 1. The molecule has 0 aliphatic heterocycles. The Hall–Kier alpha value is -1.26. The van der Waals surface area contributed by atoms with Gasteiger partial charge in [-0.1, -0.05) is 12.1 Å². The van der Waals surface area contributed by atoms with E-state index in [1.54, 1.807) is 12.1 Å². The first-order chi connectivity index (χ1) is 6.34. The van der Waals surface area contributed by atoms with Crippen LogP contribution in [0, 0.1) is 0 Å². The molecule has 1 rings (SSSR count). The third-order valence-corrected chi connectivity index (χ3v) is 1.27. The van der Waals surface area contributed by atoms with E-state index in [9.17, 15) is 0 Å². The summed E-state index contributed by atoms with van der Waals surface area (Å²) in [5, 5.41) is 8.45. The first-order valence-corrected chi connectivity index (χ1v) is 4.00. The standard InChI is InChI=1S/C8H11NO2.CH5N/c9-7-3-1-2-4-8(7)11-6-5-10;1-2/h1-4,10H,5-6,9H2;2H2,1H3. The summed E-state index contributed by atoms with van der Waals surface area (Å²) in [6, 6.07) is 7.20. The van der Waals surface area contributed by atoms with E-state index in [0.717, 1.165) is 0 Å². The number of benzene rings is 1. The van der Waals surface area contributed by atoms with Gasteiger partial charge in [-0.2, -0.15) is 0 Å². The fourth-order valence-corrected chi connectivity index (χ4v) is 0.768. The van der Waals surface area contributed by atoms with Gasteiger partial charge in [0.25, 0.3) is 0 Å². The minimum atomic E-state index is 0.00827. The number of rotatable bonds is 3. The molecule has 0 unspecified atom stereocenters. The summed E-state index contributed by atoms with van der Waals surface area (Å²) in [6.45, 7) is 0.294. The molecule has 0 radical (unpaired) electrons. The van der Waals surface area contributed by atoms with Gasteiger partial charge in [0, 0.05) is 0 Å². The van der Waals surface area contributed by atoms with Crippen LogP contribution in [0.2, 0.25) is 0 Å². The van der Waals surface area contributed by atoms with Crippen LogP contribution in [-0.2, 0) is 0 Å². The number of hydrogen-bond acceptors (Lipinski definition) is 4. The minimum absolute atomic E-state index is 0.00827. The maximum Gasteiger partial charge on any atom is 0.142 e. The molecule has 0 aliphatic rings. The van der Waals surface area contributed by atoms with Crippen molar-refractivity contribution < 1.29 is 9.84 Å². The summed E-state index contributed by atoms with van der Waals surface area (Å²) >= 11 is 0. The Kier molecular flexibility index (Phi) is 6.68. The SMILES string of the molecule is CN.Nc1ccccc1OCCO. The lowest BCUT2D eigenvalue weighted by Crippen LogP contribution is -2.03. The zero-order valence-electron chi connectivity index (χ0n) is 7.73. The van der Waals surface area contributed by atoms with E-state index in [2.05, 4.69) is 5.73 Å². The molecular formula is C9H16N2O2. The summed E-state index contributed by atoms with van der Waals surface area (Å²) in [6.07, 6.45) is 0. The van der Waals surface area contributed by atoms with Crippen molar-refractivity contribution in [3.8, 4) is 5.75 Å². The van der Waals surface area contributed by atoms with Crippen molar-refractivity contribution in [1.82, 2.24) is 0 Å². The zero-order valence-corrected chi connectivity index (χ0v) is 7.73. The van der Waals surface area contributed by atoms with Crippen LogP contribution in [0.3, 0.4) is 0 Å². The third kappa shape index (κ3) is 4.35. The van der Waals surface area contributed by atoms with E-state index in [1.807, 2.05) is 12.1 Å². The minimum Gasteiger partial charge on any atom is -0.489 e. The van der Waals surface area contributed by atoms with Gasteiger partial charge in [-0.05, 0) is 19.2 Å². The molecule has 13 heavy (non-hydrogen) atoms. The molecule has 1 aromatic rings. The average Bonchev–Trinajstić information content (AvgIpc) is 2.20. The predicted molar refractivity (Wildman–Crippen MR) is 53.5 cm³/mol. The molecule has 0 amide bonds. The van der Waals surface area contributed by atoms with E-state index in [1.165, 1.54) is 7.05 Å². The second-order valence-corrected chi connectivity index (χ2v) is 2.11. The largest absolute Gasteiger partial charge is 0.489 e. The number of aliphatic hydroxyl groups excluding tert-OH is 1. The molecule has 0 saturated heterocycles. The summed E-state index contributed by atoms with van der Waals surface area (Å²) in [7, 11) is 1.50. The number of nitrogens with two attached hydrogens (primary N) is 2. The molecule has 0 spiro atoms. The highest BCUT2D eigenvalue weighted by Gasteiger charge is 1.95. The molecule has 0 atom stereocenters. The monoisotopic (exact) mass is 184 g/mol. The van der Waals surface area contributed by atoms with E-state index >= 15 is 0 Å². The van der Waals surface area contributed by atoms with Crippen molar-refractivity contribution in [1.29, 1.82) is 0 Å². The Morgan fingerprint density at radius 2 is 1.92 bits per heavy atom. The second-order valence-electron chi connectivity index (χ2n) is 2.11. The van der Waals surface area contributed by atoms with Crippen molar-refractivity contribution in [2.45, 2.75) is 0 Å². The fourth-order valence-electron chi connectivity index (χ4n) is 0.768. The van der Waals surface area contributed by atoms with Crippen LogP contribution < -0.4 is 16.2 Å². The highest BCUT2D eigenvalue weighted by molar-refractivity contribution is 5.51. The Morgan fingerprint density at radius 3 is 2.46 bits per heavy atom. The zero-order chi connectivity index (χ0) is 10.1. The van der Waals surface area contributed by atoms with Crippen molar-refractivity contribution in [2.24, 2.45) is 5.73 Å². The topological polar surface area (TPSA) is 81.5 Å². The Bertz CT molecular complexity index is 229. The number of para-hydroxylation sites is 2. The molecular weight excluding hydrogens is 168 g/mol. The molecule has 0 aliphatic carbocycles. The molecule has 74 valence electrons. The van der Waals surface area contributed by atoms with E-state index < -0.39 is 0 Å². The number of ether oxygens (including phenoxy) is 1. The van der Waals surface area contributed by atoms with Crippen LogP contribution in [0.15, 0.2) is 24.3 Å². The van der Waals surface area contributed by atoms with Crippen LogP contribution in [0.4, 0.5) is 5.69 Å². The van der Waals surface area contributed by atoms with E-state index in [4.69, 9.17) is 15.6 Å². The van der Waals surface area contributed by atoms with Gasteiger partial charge >= 0.3 is 0 Å². The molecule has 5 N–H and O–H groups in total. The van der Waals surface area contributed by atoms with Crippen LogP contribution >= 0.6 is 0 Å². The average molecular weight is 184 g/mol. The number of hydrogen-bond donors (Lipinski definition) is 3.